The number of ether oxygens (including phenoxy) is 2. The number of amides is 3. The summed E-state index contributed by atoms with van der Waals surface area (Å²) in [6, 6.07) is 22.7. The predicted molar refractivity (Wildman–Crippen MR) is 142 cm³/mol. The van der Waals surface area contributed by atoms with E-state index in [0.29, 0.717) is 15.6 Å². The Labute approximate surface area is 230 Å². The number of benzene rings is 3. The molecule has 0 aliphatic carbocycles. The third-order valence-corrected chi connectivity index (χ3v) is 5.64. The Hall–Kier alpha value is -3.88. The summed E-state index contributed by atoms with van der Waals surface area (Å²) >= 11 is 12.0. The highest BCUT2D eigenvalue weighted by molar-refractivity contribution is 6.30. The molecule has 3 aromatic carbocycles. The first-order valence-corrected chi connectivity index (χ1v) is 12.4. The van der Waals surface area contributed by atoms with Crippen LogP contribution in [-0.4, -0.2) is 45.0 Å². The largest absolute Gasteiger partial charge is 0.457 e. The van der Waals surface area contributed by atoms with Gasteiger partial charge in [0.05, 0.1) is 5.54 Å². The first-order chi connectivity index (χ1) is 18.0. The molecule has 0 N–H and O–H groups in total. The smallest absolute Gasteiger partial charge is 0.438 e. The lowest BCUT2D eigenvalue weighted by Crippen LogP contribution is -2.60. The molecule has 0 spiro atoms. The van der Waals surface area contributed by atoms with Gasteiger partial charge in [-0.15, -0.1) is 5.01 Å². The Kier molecular flexibility index (Phi) is 9.50. The molecule has 3 amide bonds. The molecule has 3 rings (SSSR count). The molecule has 0 saturated heterocycles. The van der Waals surface area contributed by atoms with Gasteiger partial charge in [-0.2, -0.15) is 0 Å². The minimum absolute atomic E-state index is 0.0410. The van der Waals surface area contributed by atoms with E-state index in [4.69, 9.17) is 32.7 Å². The maximum Gasteiger partial charge on any atom is 0.438 e. The van der Waals surface area contributed by atoms with Gasteiger partial charge in [0.2, 0.25) is 0 Å². The van der Waals surface area contributed by atoms with Gasteiger partial charge in [0.25, 0.3) is 17.4 Å². The molecule has 0 aromatic heterocycles. The van der Waals surface area contributed by atoms with Crippen molar-refractivity contribution in [1.82, 2.24) is 10.0 Å². The lowest BCUT2D eigenvalue weighted by molar-refractivity contribution is -0.151. The lowest BCUT2D eigenvalue weighted by Gasteiger charge is -2.41. The second-order valence-corrected chi connectivity index (χ2v) is 9.90. The lowest BCUT2D eigenvalue weighted by atomic mass is 10.1. The van der Waals surface area contributed by atoms with Crippen molar-refractivity contribution < 1.29 is 28.7 Å². The van der Waals surface area contributed by atoms with Gasteiger partial charge in [-0.3, -0.25) is 9.59 Å². The van der Waals surface area contributed by atoms with Crippen LogP contribution in [-0.2, 0) is 20.9 Å². The minimum atomic E-state index is -1.89. The number of hydrogen-bond donors (Lipinski definition) is 0. The number of esters is 1. The number of imide groups is 1. The third kappa shape index (κ3) is 7.34. The third-order valence-electron chi connectivity index (χ3n) is 5.12. The summed E-state index contributed by atoms with van der Waals surface area (Å²) in [5.74, 6) is -2.60. The van der Waals surface area contributed by atoms with Crippen LogP contribution in [0.3, 0.4) is 0 Å². The highest BCUT2D eigenvalue weighted by Crippen LogP contribution is 2.25. The van der Waals surface area contributed by atoms with E-state index in [0.717, 1.165) is 5.01 Å². The molecule has 0 radical (unpaired) electrons. The number of hydrazine groups is 1. The number of rotatable bonds is 6. The van der Waals surface area contributed by atoms with Crippen LogP contribution in [0, 0.1) is 0 Å². The van der Waals surface area contributed by atoms with E-state index in [1.807, 2.05) is 0 Å². The Morgan fingerprint density at radius 3 is 1.87 bits per heavy atom. The zero-order chi connectivity index (χ0) is 27.9. The summed E-state index contributed by atoms with van der Waals surface area (Å²) in [5, 5.41) is 1.85. The number of hydrogen-bond acceptors (Lipinski definition) is 6. The number of carbonyl (C=O) groups is 4. The van der Waals surface area contributed by atoms with Crippen molar-refractivity contribution in [3.8, 4) is 0 Å². The maximum atomic E-state index is 13.6. The van der Waals surface area contributed by atoms with Crippen LogP contribution in [0.25, 0.3) is 0 Å². The van der Waals surface area contributed by atoms with E-state index in [9.17, 15) is 19.2 Å². The highest BCUT2D eigenvalue weighted by atomic mass is 35.5. The molecule has 0 saturated carbocycles. The summed E-state index contributed by atoms with van der Waals surface area (Å²) in [6.07, 6.45) is -1.35. The van der Waals surface area contributed by atoms with Gasteiger partial charge in [-0.25, -0.2) is 14.6 Å². The van der Waals surface area contributed by atoms with Gasteiger partial charge in [-0.1, -0.05) is 71.7 Å². The molecule has 0 aliphatic rings. The van der Waals surface area contributed by atoms with Crippen LogP contribution in [0.1, 0.15) is 47.1 Å². The molecule has 0 bridgehead atoms. The fourth-order valence-electron chi connectivity index (χ4n) is 3.35. The fraction of sp³-hybridized carbons (Fsp3) is 0.214. The van der Waals surface area contributed by atoms with E-state index in [1.54, 1.807) is 81.4 Å². The first-order valence-electron chi connectivity index (χ1n) is 11.5. The molecule has 1 unspecified atom stereocenters. The maximum absolute atomic E-state index is 13.6. The molecule has 198 valence electrons. The molecule has 8 nitrogen and oxygen atoms in total. The molecule has 38 heavy (non-hydrogen) atoms. The Bertz CT molecular complexity index is 1280. The fourth-order valence-corrected chi connectivity index (χ4v) is 3.61. The first kappa shape index (κ1) is 28.7. The van der Waals surface area contributed by atoms with Crippen LogP contribution in [0.2, 0.25) is 5.02 Å². The quantitative estimate of drug-likeness (QED) is 0.207. The van der Waals surface area contributed by atoms with Crippen LogP contribution < -0.4 is 0 Å². The predicted octanol–water partition coefficient (Wildman–Crippen LogP) is 6.08. The molecule has 1 atom stereocenters. The molecular formula is C28H26Cl2N2O6. The average Bonchev–Trinajstić information content (AvgIpc) is 2.90. The van der Waals surface area contributed by atoms with Crippen molar-refractivity contribution in [3.63, 3.8) is 0 Å². The van der Waals surface area contributed by atoms with E-state index in [1.165, 1.54) is 24.3 Å². The van der Waals surface area contributed by atoms with Crippen molar-refractivity contribution >= 4 is 47.1 Å². The number of alkyl halides is 1. The molecule has 0 heterocycles. The van der Waals surface area contributed by atoms with Crippen molar-refractivity contribution in [2.24, 2.45) is 0 Å². The van der Waals surface area contributed by atoms with Crippen molar-refractivity contribution in [2.45, 2.75) is 38.5 Å². The van der Waals surface area contributed by atoms with Crippen LogP contribution in [0.15, 0.2) is 84.9 Å². The second-order valence-electron chi connectivity index (χ2n) is 9.07. The zero-order valence-electron chi connectivity index (χ0n) is 21.0. The summed E-state index contributed by atoms with van der Waals surface area (Å²) in [6.45, 7) is 4.80. The Balaban J connectivity index is 1.92. The van der Waals surface area contributed by atoms with Gasteiger partial charge in [0.15, 0.2) is 0 Å². The summed E-state index contributed by atoms with van der Waals surface area (Å²) < 4.78 is 10.3. The van der Waals surface area contributed by atoms with Crippen LogP contribution >= 0.6 is 23.2 Å². The number of carbonyl (C=O) groups excluding carboxylic acids is 4. The summed E-state index contributed by atoms with van der Waals surface area (Å²) in [7, 11) is 0. The Morgan fingerprint density at radius 2 is 1.32 bits per heavy atom. The van der Waals surface area contributed by atoms with E-state index < -0.39 is 35.0 Å². The van der Waals surface area contributed by atoms with Gasteiger partial charge in [0.1, 0.15) is 6.61 Å². The standard InChI is InChI=1S/C28H26Cl2N2O6/c1-28(2,3)32(25(34)20-12-8-5-9-13-20)31(24(33)21-14-16-22(29)17-15-21)27(36)38-23(30)26(35)37-18-19-10-6-4-7-11-19/h4-17,23H,18H2,1-3H3. The second kappa shape index (κ2) is 12.6. The Morgan fingerprint density at radius 1 is 0.789 bits per heavy atom. The minimum Gasteiger partial charge on any atom is -0.457 e. The molecule has 0 fully saturated rings. The summed E-state index contributed by atoms with van der Waals surface area (Å²) in [4.78, 5) is 53.0. The molecule has 0 aliphatic heterocycles. The highest BCUT2D eigenvalue weighted by Gasteiger charge is 2.42. The normalized spacial score (nSPS) is 11.7. The molecule has 10 heteroatoms. The van der Waals surface area contributed by atoms with E-state index >= 15 is 0 Å². The summed E-state index contributed by atoms with van der Waals surface area (Å²) in [5.41, 5.74) is -2.03. The number of halogens is 2. The van der Waals surface area contributed by atoms with Crippen molar-refractivity contribution in [3.05, 3.63) is 107 Å². The van der Waals surface area contributed by atoms with Gasteiger partial charge >= 0.3 is 12.1 Å². The average molecular weight is 557 g/mol. The monoisotopic (exact) mass is 556 g/mol. The number of nitrogens with zero attached hydrogens (tertiary/aromatic N) is 2. The zero-order valence-corrected chi connectivity index (χ0v) is 22.5. The van der Waals surface area contributed by atoms with Crippen LogP contribution in [0.5, 0.6) is 0 Å². The molecular weight excluding hydrogens is 531 g/mol. The van der Waals surface area contributed by atoms with E-state index in [2.05, 4.69) is 0 Å². The van der Waals surface area contributed by atoms with Gasteiger partial charge in [-0.05, 0) is 62.7 Å². The van der Waals surface area contributed by atoms with E-state index in [-0.39, 0.29) is 17.7 Å². The van der Waals surface area contributed by atoms with Crippen molar-refractivity contribution in [1.29, 1.82) is 0 Å². The van der Waals surface area contributed by atoms with Gasteiger partial charge in [0, 0.05) is 16.1 Å². The van der Waals surface area contributed by atoms with Gasteiger partial charge < -0.3 is 9.47 Å². The SMILES string of the molecule is CC(C)(C)N(C(=O)c1ccccc1)N(C(=O)OC(Cl)C(=O)OCc1ccccc1)C(=O)c1ccc(Cl)cc1. The topological polar surface area (TPSA) is 93.2 Å². The molecule has 3 aromatic rings. The van der Waals surface area contributed by atoms with Crippen molar-refractivity contribution in [2.75, 3.05) is 0 Å². The van der Waals surface area contributed by atoms with Crippen LogP contribution in [0.4, 0.5) is 4.79 Å².